The lowest BCUT2D eigenvalue weighted by molar-refractivity contribution is -0.145. The molecule has 2 heterocycles. The van der Waals surface area contributed by atoms with E-state index in [2.05, 4.69) is 10.3 Å². The Labute approximate surface area is 154 Å². The Morgan fingerprint density at radius 2 is 1.93 bits per heavy atom. The molecule has 0 radical (unpaired) electrons. The average Bonchev–Trinajstić information content (AvgIpc) is 3.04. The molecule has 3 rings (SSSR count). The zero-order chi connectivity index (χ0) is 19.4. The van der Waals surface area contributed by atoms with Gasteiger partial charge in [0.1, 0.15) is 6.04 Å². The largest absolute Gasteiger partial charge is 0.480 e. The molecule has 4 N–H and O–H groups in total. The number of aliphatic carboxylic acids is 2. The first kappa shape index (κ1) is 18.6. The molecule has 1 aromatic heterocycles. The molecule has 0 aliphatic carbocycles. The third-order valence-corrected chi connectivity index (χ3v) is 4.30. The molecule has 1 fully saturated rings. The number of benzene rings is 1. The predicted molar refractivity (Wildman–Crippen MR) is 96.5 cm³/mol. The summed E-state index contributed by atoms with van der Waals surface area (Å²) in [5.41, 5.74) is 1.78. The van der Waals surface area contributed by atoms with Crippen molar-refractivity contribution in [1.82, 2.24) is 9.88 Å². The number of anilines is 1. The molecule has 142 valence electrons. The number of morpholine rings is 1. The van der Waals surface area contributed by atoms with Crippen LogP contribution in [0.5, 0.6) is 0 Å². The van der Waals surface area contributed by atoms with Crippen LogP contribution in [-0.2, 0) is 19.1 Å². The summed E-state index contributed by atoms with van der Waals surface area (Å²) in [7, 11) is 0. The van der Waals surface area contributed by atoms with Crippen molar-refractivity contribution in [3.63, 3.8) is 0 Å². The first-order valence-corrected chi connectivity index (χ1v) is 8.33. The summed E-state index contributed by atoms with van der Waals surface area (Å²) in [5.74, 6) is -2.72. The first-order chi connectivity index (χ1) is 13.0. The highest BCUT2D eigenvalue weighted by Crippen LogP contribution is 2.30. The van der Waals surface area contributed by atoms with Crippen molar-refractivity contribution < 1.29 is 29.3 Å². The van der Waals surface area contributed by atoms with E-state index in [1.165, 1.54) is 0 Å². The van der Waals surface area contributed by atoms with Gasteiger partial charge in [-0.25, -0.2) is 4.79 Å². The van der Waals surface area contributed by atoms with Crippen LogP contribution in [0.4, 0.5) is 5.69 Å². The molecule has 1 atom stereocenters. The summed E-state index contributed by atoms with van der Waals surface area (Å²) in [6, 6.07) is 4.25. The zero-order valence-electron chi connectivity index (χ0n) is 14.3. The molecule has 1 aliphatic rings. The van der Waals surface area contributed by atoms with Crippen LogP contribution in [0.2, 0.25) is 0 Å². The highest BCUT2D eigenvalue weighted by molar-refractivity contribution is 6.03. The number of carbonyl (C=O) groups is 3. The molecule has 2 aromatic rings. The van der Waals surface area contributed by atoms with Crippen LogP contribution in [0.25, 0.3) is 10.9 Å². The van der Waals surface area contributed by atoms with Gasteiger partial charge >= 0.3 is 11.9 Å². The van der Waals surface area contributed by atoms with E-state index in [0.717, 1.165) is 17.5 Å². The number of amides is 1. The van der Waals surface area contributed by atoms with Gasteiger partial charge in [-0.3, -0.25) is 14.5 Å². The fourth-order valence-electron chi connectivity index (χ4n) is 3.11. The number of hydrogen-bond acceptors (Lipinski definition) is 5. The van der Waals surface area contributed by atoms with E-state index in [1.807, 2.05) is 4.90 Å². The molecule has 27 heavy (non-hydrogen) atoms. The SMILES string of the molecule is O=C(O)/C=C/C(=O)Nc1ccc2c([C@H](C(=O)O)N3CCOCC3)c[nH]c2c1. The Balaban J connectivity index is 1.85. The summed E-state index contributed by atoms with van der Waals surface area (Å²) < 4.78 is 5.30. The molecule has 0 saturated carbocycles. The van der Waals surface area contributed by atoms with Crippen molar-refractivity contribution in [2.24, 2.45) is 0 Å². The minimum Gasteiger partial charge on any atom is -0.480 e. The van der Waals surface area contributed by atoms with Crippen LogP contribution in [0, 0.1) is 0 Å². The quantitative estimate of drug-likeness (QED) is 0.560. The topological polar surface area (TPSA) is 132 Å². The average molecular weight is 373 g/mol. The van der Waals surface area contributed by atoms with Gasteiger partial charge in [0.2, 0.25) is 5.91 Å². The second kappa shape index (κ2) is 8.02. The summed E-state index contributed by atoms with van der Waals surface area (Å²) in [5, 5.41) is 21.6. The number of H-pyrrole nitrogens is 1. The van der Waals surface area contributed by atoms with Crippen molar-refractivity contribution in [3.05, 3.63) is 42.1 Å². The molecule has 0 spiro atoms. The van der Waals surface area contributed by atoms with Crippen LogP contribution in [0.1, 0.15) is 11.6 Å². The van der Waals surface area contributed by atoms with Gasteiger partial charge in [0.15, 0.2) is 0 Å². The van der Waals surface area contributed by atoms with E-state index in [4.69, 9.17) is 9.84 Å². The Morgan fingerprint density at radius 1 is 1.19 bits per heavy atom. The van der Waals surface area contributed by atoms with Crippen LogP contribution < -0.4 is 5.32 Å². The van der Waals surface area contributed by atoms with Gasteiger partial charge in [-0.1, -0.05) is 6.07 Å². The maximum absolute atomic E-state index is 11.9. The number of fused-ring (bicyclic) bond motifs is 1. The molecular formula is C18H19N3O6. The standard InChI is InChI=1S/C18H19N3O6/c22-15(3-4-16(23)24)20-11-1-2-12-13(10-19-14(12)9-11)17(18(25)26)21-5-7-27-8-6-21/h1-4,9-10,17,19H,5-8H2,(H,20,22)(H,23,24)(H,25,26)/b4-3+/t17-/m1/s1. The molecule has 9 nitrogen and oxygen atoms in total. The van der Waals surface area contributed by atoms with Gasteiger partial charge in [-0.2, -0.15) is 0 Å². The van der Waals surface area contributed by atoms with Crippen LogP contribution >= 0.6 is 0 Å². The van der Waals surface area contributed by atoms with Gasteiger partial charge in [-0.05, 0) is 12.1 Å². The minimum atomic E-state index is -1.21. The first-order valence-electron chi connectivity index (χ1n) is 8.33. The number of nitrogens with zero attached hydrogens (tertiary/aromatic N) is 1. The number of carboxylic acids is 2. The molecule has 1 aliphatic heterocycles. The fraction of sp³-hybridized carbons (Fsp3) is 0.278. The van der Waals surface area contributed by atoms with Crippen molar-refractivity contribution in [2.75, 3.05) is 31.6 Å². The molecule has 1 aromatic carbocycles. The second-order valence-corrected chi connectivity index (χ2v) is 6.05. The zero-order valence-corrected chi connectivity index (χ0v) is 14.3. The number of nitrogens with one attached hydrogen (secondary N) is 2. The Bertz CT molecular complexity index is 898. The number of hydrogen-bond donors (Lipinski definition) is 4. The molecule has 0 unspecified atom stereocenters. The maximum Gasteiger partial charge on any atom is 0.328 e. The third kappa shape index (κ3) is 4.33. The fourth-order valence-corrected chi connectivity index (χ4v) is 3.11. The molecule has 1 amide bonds. The number of carbonyl (C=O) groups excluding carboxylic acids is 1. The van der Waals surface area contributed by atoms with Gasteiger partial charge in [0, 0.05) is 53.6 Å². The number of carboxylic acid groups (broad SMARTS) is 2. The van der Waals surface area contributed by atoms with E-state index < -0.39 is 23.9 Å². The van der Waals surface area contributed by atoms with Crippen LogP contribution in [0.3, 0.4) is 0 Å². The highest BCUT2D eigenvalue weighted by Gasteiger charge is 2.30. The van der Waals surface area contributed by atoms with Gasteiger partial charge in [-0.15, -0.1) is 0 Å². The Hall–Kier alpha value is -3.17. The Kier molecular flexibility index (Phi) is 5.53. The van der Waals surface area contributed by atoms with Crippen LogP contribution in [-0.4, -0.2) is 64.2 Å². The van der Waals surface area contributed by atoms with Gasteiger partial charge in [0.05, 0.1) is 13.2 Å². The molecule has 9 heteroatoms. The minimum absolute atomic E-state index is 0.467. The second-order valence-electron chi connectivity index (χ2n) is 6.05. The predicted octanol–water partition coefficient (Wildman–Crippen LogP) is 1.21. The van der Waals surface area contributed by atoms with E-state index in [9.17, 15) is 19.5 Å². The highest BCUT2D eigenvalue weighted by atomic mass is 16.5. The lowest BCUT2D eigenvalue weighted by atomic mass is 10.0. The summed E-state index contributed by atoms with van der Waals surface area (Å²) in [4.78, 5) is 38.9. The van der Waals surface area contributed by atoms with Crippen molar-refractivity contribution in [1.29, 1.82) is 0 Å². The van der Waals surface area contributed by atoms with E-state index in [0.29, 0.717) is 43.1 Å². The van der Waals surface area contributed by atoms with E-state index in [-0.39, 0.29) is 0 Å². The van der Waals surface area contributed by atoms with Gasteiger partial charge < -0.3 is 25.3 Å². The summed E-state index contributed by atoms with van der Waals surface area (Å²) in [6.45, 7) is 2.06. The van der Waals surface area contributed by atoms with Crippen molar-refractivity contribution in [2.45, 2.75) is 6.04 Å². The summed E-state index contributed by atoms with van der Waals surface area (Å²) in [6.07, 6.45) is 3.33. The molecular weight excluding hydrogens is 354 g/mol. The van der Waals surface area contributed by atoms with Crippen molar-refractivity contribution in [3.8, 4) is 0 Å². The Morgan fingerprint density at radius 3 is 2.59 bits per heavy atom. The maximum atomic E-state index is 11.9. The number of aromatic amines is 1. The van der Waals surface area contributed by atoms with Gasteiger partial charge in [0.25, 0.3) is 0 Å². The number of ether oxygens (including phenoxy) is 1. The lowest BCUT2D eigenvalue weighted by Gasteiger charge is -2.31. The molecule has 1 saturated heterocycles. The lowest BCUT2D eigenvalue weighted by Crippen LogP contribution is -2.42. The number of aromatic nitrogens is 1. The number of rotatable bonds is 6. The third-order valence-electron chi connectivity index (χ3n) is 4.30. The molecule has 0 bridgehead atoms. The van der Waals surface area contributed by atoms with Crippen LogP contribution in [0.15, 0.2) is 36.5 Å². The van der Waals surface area contributed by atoms with Crippen molar-refractivity contribution >= 4 is 34.4 Å². The van der Waals surface area contributed by atoms with E-state index in [1.54, 1.807) is 24.4 Å². The van der Waals surface area contributed by atoms with E-state index >= 15 is 0 Å². The monoisotopic (exact) mass is 373 g/mol. The normalized spacial score (nSPS) is 16.4. The summed E-state index contributed by atoms with van der Waals surface area (Å²) >= 11 is 0. The smallest absolute Gasteiger partial charge is 0.328 e.